The van der Waals surface area contributed by atoms with Crippen LogP contribution in [0.15, 0.2) is 18.2 Å². The number of ether oxygens (including phenoxy) is 1. The summed E-state index contributed by atoms with van der Waals surface area (Å²) in [5, 5.41) is 10.5. The summed E-state index contributed by atoms with van der Waals surface area (Å²) in [6.07, 6.45) is 3.18. The molecule has 0 aromatic heterocycles. The fourth-order valence-electron chi connectivity index (χ4n) is 2.72. The van der Waals surface area contributed by atoms with Gasteiger partial charge in [0.1, 0.15) is 5.82 Å². The third-order valence-electron chi connectivity index (χ3n) is 4.27. The van der Waals surface area contributed by atoms with E-state index in [0.29, 0.717) is 12.8 Å². The number of halogens is 2. The normalized spacial score (nSPS) is 16.5. The van der Waals surface area contributed by atoms with Crippen LogP contribution in [0.2, 0.25) is 5.02 Å². The Balaban J connectivity index is 1.89. The number of hydrogen-bond donors (Lipinski definition) is 1. The molecule has 1 saturated carbocycles. The number of carbonyl (C=O) groups excluding carboxylic acids is 2. The molecule has 1 N–H and O–H groups in total. The molecule has 1 fully saturated rings. The van der Waals surface area contributed by atoms with Crippen molar-refractivity contribution in [2.75, 3.05) is 13.7 Å². The molecule has 5 nitrogen and oxygen atoms in total. The summed E-state index contributed by atoms with van der Waals surface area (Å²) in [6, 6.07) is 4.28. The second-order valence-electron chi connectivity index (χ2n) is 6.12. The number of rotatable bonds is 5. The highest BCUT2D eigenvalue weighted by molar-refractivity contribution is 6.31. The fraction of sp³-hybridized carbons (Fsp3) is 0.529. The van der Waals surface area contributed by atoms with Gasteiger partial charge in [-0.1, -0.05) is 24.1 Å². The Kier molecular flexibility index (Phi) is 6.18. The number of nitrogens with zero attached hydrogens (tertiary/aromatic N) is 1. The average molecular weight is 358 g/mol. The second-order valence-corrected chi connectivity index (χ2v) is 6.53. The summed E-state index contributed by atoms with van der Waals surface area (Å²) < 4.78 is 18.7. The van der Waals surface area contributed by atoms with Crippen LogP contribution in [-0.4, -0.2) is 41.1 Å². The van der Waals surface area contributed by atoms with Crippen LogP contribution in [0.5, 0.6) is 0 Å². The van der Waals surface area contributed by atoms with Gasteiger partial charge in [0.15, 0.2) is 12.2 Å². The van der Waals surface area contributed by atoms with E-state index in [1.165, 1.54) is 30.1 Å². The lowest BCUT2D eigenvalue weighted by Crippen LogP contribution is -2.43. The van der Waals surface area contributed by atoms with Gasteiger partial charge in [-0.05, 0) is 37.8 Å². The molecule has 0 spiro atoms. The van der Waals surface area contributed by atoms with Gasteiger partial charge in [-0.3, -0.25) is 4.79 Å². The van der Waals surface area contributed by atoms with Crippen molar-refractivity contribution < 1.29 is 23.8 Å². The van der Waals surface area contributed by atoms with E-state index in [9.17, 15) is 19.1 Å². The largest absolute Gasteiger partial charge is 0.453 e. The fourth-order valence-corrected chi connectivity index (χ4v) is 2.94. The molecule has 1 aliphatic rings. The maximum Gasteiger partial charge on any atom is 0.338 e. The molecule has 1 amide bonds. The summed E-state index contributed by atoms with van der Waals surface area (Å²) in [4.78, 5) is 25.3. The predicted octanol–water partition coefficient (Wildman–Crippen LogP) is 2.68. The molecule has 0 radical (unpaired) electrons. The van der Waals surface area contributed by atoms with E-state index in [-0.39, 0.29) is 17.1 Å². The summed E-state index contributed by atoms with van der Waals surface area (Å²) in [5.74, 6) is -1.77. The van der Waals surface area contributed by atoms with E-state index in [2.05, 4.69) is 0 Å². The van der Waals surface area contributed by atoms with Crippen LogP contribution in [0.4, 0.5) is 4.39 Å². The Hall–Kier alpha value is -1.66. The Morgan fingerprint density at radius 1 is 1.33 bits per heavy atom. The van der Waals surface area contributed by atoms with Crippen LogP contribution in [0, 0.1) is 5.82 Å². The zero-order chi connectivity index (χ0) is 17.7. The minimum atomic E-state index is -1.49. The smallest absolute Gasteiger partial charge is 0.338 e. The highest BCUT2D eigenvalue weighted by Gasteiger charge is 2.39. The predicted molar refractivity (Wildman–Crippen MR) is 86.9 cm³/mol. The number of esters is 1. The maximum atomic E-state index is 13.7. The van der Waals surface area contributed by atoms with Gasteiger partial charge >= 0.3 is 5.97 Å². The second kappa shape index (κ2) is 7.94. The zero-order valence-corrected chi connectivity index (χ0v) is 14.3. The number of hydrogen-bond acceptors (Lipinski definition) is 4. The quantitative estimate of drug-likeness (QED) is 0.823. The van der Waals surface area contributed by atoms with E-state index in [0.717, 1.165) is 19.3 Å². The first-order chi connectivity index (χ1) is 11.3. The average Bonchev–Trinajstić information content (AvgIpc) is 2.56. The summed E-state index contributed by atoms with van der Waals surface area (Å²) in [6.45, 7) is -0.532. The molecule has 0 saturated heterocycles. The van der Waals surface area contributed by atoms with Gasteiger partial charge in [0.05, 0.1) is 0 Å². The Bertz CT molecular complexity index is 596. The molecule has 7 heteroatoms. The van der Waals surface area contributed by atoms with Crippen molar-refractivity contribution in [2.24, 2.45) is 0 Å². The van der Waals surface area contributed by atoms with Crippen molar-refractivity contribution in [1.29, 1.82) is 0 Å². The van der Waals surface area contributed by atoms with Crippen LogP contribution < -0.4 is 0 Å². The third kappa shape index (κ3) is 4.45. The van der Waals surface area contributed by atoms with Gasteiger partial charge < -0.3 is 14.7 Å². The van der Waals surface area contributed by atoms with Crippen LogP contribution >= 0.6 is 11.6 Å². The van der Waals surface area contributed by atoms with Crippen molar-refractivity contribution >= 4 is 23.5 Å². The van der Waals surface area contributed by atoms with Crippen molar-refractivity contribution in [1.82, 2.24) is 4.90 Å². The van der Waals surface area contributed by atoms with Gasteiger partial charge in [-0.25, -0.2) is 9.18 Å². The highest BCUT2D eigenvalue weighted by atomic mass is 35.5. The monoisotopic (exact) mass is 357 g/mol. The van der Waals surface area contributed by atoms with E-state index >= 15 is 0 Å². The molecule has 24 heavy (non-hydrogen) atoms. The zero-order valence-electron chi connectivity index (χ0n) is 13.6. The minimum Gasteiger partial charge on any atom is -0.453 e. The lowest BCUT2D eigenvalue weighted by Gasteiger charge is -2.29. The lowest BCUT2D eigenvalue weighted by molar-refractivity contribution is -0.172. The molecule has 0 heterocycles. The summed E-state index contributed by atoms with van der Waals surface area (Å²) in [5.41, 5.74) is -1.29. The highest BCUT2D eigenvalue weighted by Crippen LogP contribution is 2.29. The minimum absolute atomic E-state index is 0.0356. The van der Waals surface area contributed by atoms with Crippen LogP contribution in [0.3, 0.4) is 0 Å². The van der Waals surface area contributed by atoms with Crippen LogP contribution in [0.25, 0.3) is 0 Å². The van der Waals surface area contributed by atoms with E-state index in [1.807, 2.05) is 0 Å². The molecule has 1 aromatic rings. The van der Waals surface area contributed by atoms with E-state index < -0.39 is 29.9 Å². The van der Waals surface area contributed by atoms with E-state index in [1.54, 1.807) is 0 Å². The number of benzene rings is 1. The molecular weight excluding hydrogens is 337 g/mol. The van der Waals surface area contributed by atoms with Crippen molar-refractivity contribution in [3.05, 3.63) is 34.6 Å². The first-order valence-corrected chi connectivity index (χ1v) is 8.28. The standard InChI is InChI=1S/C17H21ClFNO4/c1-20(10-12-13(18)6-5-7-14(12)19)15(21)11-24-16(22)17(23)8-3-2-4-9-17/h5-7,23H,2-4,8-11H2,1H3. The molecule has 0 unspecified atom stereocenters. The molecule has 0 atom stereocenters. The Morgan fingerprint density at radius 3 is 2.62 bits per heavy atom. The lowest BCUT2D eigenvalue weighted by atomic mass is 9.85. The van der Waals surface area contributed by atoms with Crippen molar-refractivity contribution in [3.63, 3.8) is 0 Å². The molecular formula is C17H21ClFNO4. The first-order valence-electron chi connectivity index (χ1n) is 7.90. The molecule has 2 rings (SSSR count). The summed E-state index contributed by atoms with van der Waals surface area (Å²) in [7, 11) is 1.47. The van der Waals surface area contributed by atoms with Crippen LogP contribution in [0.1, 0.15) is 37.7 Å². The van der Waals surface area contributed by atoms with Gasteiger partial charge in [-0.2, -0.15) is 0 Å². The van der Waals surface area contributed by atoms with Gasteiger partial charge in [-0.15, -0.1) is 0 Å². The third-order valence-corrected chi connectivity index (χ3v) is 4.62. The summed E-state index contributed by atoms with van der Waals surface area (Å²) >= 11 is 5.93. The number of amides is 1. The number of carbonyl (C=O) groups is 2. The van der Waals surface area contributed by atoms with Gasteiger partial charge in [0, 0.05) is 24.2 Å². The van der Waals surface area contributed by atoms with Gasteiger partial charge in [0.2, 0.25) is 0 Å². The van der Waals surface area contributed by atoms with E-state index in [4.69, 9.17) is 16.3 Å². The number of aliphatic hydroxyl groups is 1. The number of likely N-dealkylation sites (N-methyl/N-ethyl adjacent to an activating group) is 1. The molecule has 1 aromatic carbocycles. The molecule has 1 aliphatic carbocycles. The van der Waals surface area contributed by atoms with Crippen molar-refractivity contribution in [2.45, 2.75) is 44.2 Å². The Labute approximate surface area is 145 Å². The SMILES string of the molecule is CN(Cc1c(F)cccc1Cl)C(=O)COC(=O)C1(O)CCCCC1. The molecule has 0 aliphatic heterocycles. The van der Waals surface area contributed by atoms with Crippen molar-refractivity contribution in [3.8, 4) is 0 Å². The first kappa shape index (κ1) is 18.7. The maximum absolute atomic E-state index is 13.7. The topological polar surface area (TPSA) is 66.8 Å². The van der Waals surface area contributed by atoms with Crippen LogP contribution in [-0.2, 0) is 20.9 Å². The Morgan fingerprint density at radius 2 is 2.00 bits per heavy atom. The van der Waals surface area contributed by atoms with Gasteiger partial charge in [0.25, 0.3) is 5.91 Å². The molecule has 0 bridgehead atoms. The molecule has 132 valence electrons.